The van der Waals surface area contributed by atoms with Gasteiger partial charge in [-0.3, -0.25) is 4.79 Å². The third-order valence-electron chi connectivity index (χ3n) is 6.68. The van der Waals surface area contributed by atoms with Gasteiger partial charge in [0.25, 0.3) is 0 Å². The number of carbonyl (C=O) groups excluding carboxylic acids is 2. The number of unbranched alkanes of at least 4 members (excludes halogenated alkanes) is 5. The Hall–Kier alpha value is -3.08. The SMILES string of the molecule is C=C(CCCCCCC)NC(=O)[C@@H](CCCC)NC(=O)OCC1c2ccccc2-c2ccccc21. The number of rotatable bonds is 14. The van der Waals surface area contributed by atoms with E-state index in [1.54, 1.807) is 0 Å². The third-order valence-corrected chi connectivity index (χ3v) is 6.68. The van der Waals surface area contributed by atoms with Crippen LogP contribution in [0.25, 0.3) is 11.1 Å². The fourth-order valence-electron chi connectivity index (χ4n) is 4.73. The summed E-state index contributed by atoms with van der Waals surface area (Å²) in [6.45, 7) is 8.50. The monoisotopic (exact) mass is 476 g/mol. The minimum absolute atomic E-state index is 0.0106. The molecule has 0 saturated carbocycles. The summed E-state index contributed by atoms with van der Waals surface area (Å²) in [5.74, 6) is -0.228. The summed E-state index contributed by atoms with van der Waals surface area (Å²) in [4.78, 5) is 25.6. The van der Waals surface area contributed by atoms with E-state index in [9.17, 15) is 9.59 Å². The molecule has 188 valence electrons. The number of alkyl carbamates (subject to hydrolysis) is 1. The van der Waals surface area contributed by atoms with Gasteiger partial charge >= 0.3 is 6.09 Å². The highest BCUT2D eigenvalue weighted by atomic mass is 16.5. The molecule has 1 aliphatic carbocycles. The second-order valence-electron chi connectivity index (χ2n) is 9.42. The summed E-state index contributed by atoms with van der Waals surface area (Å²) in [5.41, 5.74) is 5.41. The Morgan fingerprint density at radius 3 is 2.11 bits per heavy atom. The zero-order valence-electron chi connectivity index (χ0n) is 21.3. The number of fused-ring (bicyclic) bond motifs is 3. The zero-order valence-corrected chi connectivity index (χ0v) is 21.3. The smallest absolute Gasteiger partial charge is 0.407 e. The van der Waals surface area contributed by atoms with Gasteiger partial charge in [-0.15, -0.1) is 0 Å². The molecule has 2 N–H and O–H groups in total. The van der Waals surface area contributed by atoms with E-state index in [2.05, 4.69) is 55.3 Å². The molecule has 0 aromatic heterocycles. The van der Waals surface area contributed by atoms with Crippen LogP contribution in [0.1, 0.15) is 88.7 Å². The van der Waals surface area contributed by atoms with Gasteiger partial charge in [0.2, 0.25) is 5.91 Å². The highest BCUT2D eigenvalue weighted by Crippen LogP contribution is 2.44. The van der Waals surface area contributed by atoms with Crippen molar-refractivity contribution in [3.8, 4) is 11.1 Å². The van der Waals surface area contributed by atoms with Crippen LogP contribution in [0.4, 0.5) is 4.79 Å². The van der Waals surface area contributed by atoms with Crippen LogP contribution in [-0.2, 0) is 9.53 Å². The first-order chi connectivity index (χ1) is 17.0. The first-order valence-electron chi connectivity index (χ1n) is 13.1. The van der Waals surface area contributed by atoms with Crippen LogP contribution >= 0.6 is 0 Å². The molecule has 5 nitrogen and oxygen atoms in total. The normalized spacial score (nSPS) is 13.0. The maximum Gasteiger partial charge on any atom is 0.407 e. The summed E-state index contributed by atoms with van der Waals surface area (Å²) in [6.07, 6.45) is 8.35. The van der Waals surface area contributed by atoms with E-state index in [-0.39, 0.29) is 18.4 Å². The lowest BCUT2D eigenvalue weighted by atomic mass is 9.98. The Kier molecular flexibility index (Phi) is 10.4. The van der Waals surface area contributed by atoms with E-state index in [1.165, 1.54) is 30.4 Å². The van der Waals surface area contributed by atoms with Crippen molar-refractivity contribution in [2.24, 2.45) is 0 Å². The molecule has 0 aliphatic heterocycles. The molecule has 0 bridgehead atoms. The molecule has 35 heavy (non-hydrogen) atoms. The summed E-state index contributed by atoms with van der Waals surface area (Å²) < 4.78 is 5.66. The Bertz CT molecular complexity index is 955. The van der Waals surface area contributed by atoms with Crippen molar-refractivity contribution in [1.82, 2.24) is 10.6 Å². The number of nitrogens with one attached hydrogen (secondary N) is 2. The molecule has 0 spiro atoms. The lowest BCUT2D eigenvalue weighted by molar-refractivity contribution is -0.122. The van der Waals surface area contributed by atoms with E-state index < -0.39 is 12.1 Å². The predicted molar refractivity (Wildman–Crippen MR) is 142 cm³/mol. The molecule has 0 saturated heterocycles. The number of carbonyl (C=O) groups is 2. The van der Waals surface area contributed by atoms with E-state index in [0.29, 0.717) is 12.1 Å². The van der Waals surface area contributed by atoms with E-state index in [4.69, 9.17) is 4.74 Å². The van der Waals surface area contributed by atoms with Gasteiger partial charge in [-0.2, -0.15) is 0 Å². The number of amides is 2. The Morgan fingerprint density at radius 2 is 1.49 bits per heavy atom. The maximum atomic E-state index is 12.9. The quantitative estimate of drug-likeness (QED) is 0.286. The first-order valence-corrected chi connectivity index (χ1v) is 13.1. The average Bonchev–Trinajstić information content (AvgIpc) is 3.18. The molecular weight excluding hydrogens is 436 g/mol. The van der Waals surface area contributed by atoms with Gasteiger partial charge in [-0.1, -0.05) is 107 Å². The molecular formula is C30H40N2O3. The number of benzene rings is 2. The highest BCUT2D eigenvalue weighted by Gasteiger charge is 2.29. The van der Waals surface area contributed by atoms with Gasteiger partial charge in [0.15, 0.2) is 0 Å². The van der Waals surface area contributed by atoms with Crippen molar-refractivity contribution < 1.29 is 14.3 Å². The molecule has 5 heteroatoms. The minimum Gasteiger partial charge on any atom is -0.449 e. The van der Waals surface area contributed by atoms with Crippen molar-refractivity contribution in [2.75, 3.05) is 6.61 Å². The molecule has 0 unspecified atom stereocenters. The van der Waals surface area contributed by atoms with Crippen LogP contribution in [0.2, 0.25) is 0 Å². The lowest BCUT2D eigenvalue weighted by Crippen LogP contribution is -2.46. The van der Waals surface area contributed by atoms with Crippen LogP contribution in [0, 0.1) is 0 Å². The second kappa shape index (κ2) is 13.7. The van der Waals surface area contributed by atoms with Crippen LogP contribution in [-0.4, -0.2) is 24.6 Å². The summed E-state index contributed by atoms with van der Waals surface area (Å²) in [7, 11) is 0. The van der Waals surface area contributed by atoms with Gasteiger partial charge in [-0.05, 0) is 41.5 Å². The van der Waals surface area contributed by atoms with Crippen LogP contribution in [0.15, 0.2) is 60.8 Å². The fourth-order valence-corrected chi connectivity index (χ4v) is 4.73. The summed E-state index contributed by atoms with van der Waals surface area (Å²) in [5, 5.41) is 5.70. The fraction of sp³-hybridized carbons (Fsp3) is 0.467. The maximum absolute atomic E-state index is 12.9. The number of hydrogen-bond acceptors (Lipinski definition) is 3. The van der Waals surface area contributed by atoms with Crippen molar-refractivity contribution in [2.45, 2.75) is 83.6 Å². The average molecular weight is 477 g/mol. The van der Waals surface area contributed by atoms with E-state index in [1.807, 2.05) is 24.3 Å². The molecule has 1 atom stereocenters. The van der Waals surface area contributed by atoms with Crippen LogP contribution < -0.4 is 10.6 Å². The number of hydrogen-bond donors (Lipinski definition) is 2. The standard InChI is InChI=1S/C30H40N2O3/c1-4-6-8-9-10-15-22(3)31-29(33)28(20-7-5-2)32-30(34)35-21-27-25-18-13-11-16-23(25)24-17-12-14-19-26(24)27/h11-14,16-19,27-28H,3-10,15,20-21H2,1-2H3,(H,31,33)(H,32,34)/t28-/m1/s1. The Morgan fingerprint density at radius 1 is 0.886 bits per heavy atom. The van der Waals surface area contributed by atoms with Crippen molar-refractivity contribution in [3.05, 3.63) is 71.9 Å². The number of ether oxygens (including phenoxy) is 1. The van der Waals surface area contributed by atoms with Crippen LogP contribution in [0.5, 0.6) is 0 Å². The Labute approximate surface area is 210 Å². The molecule has 1 aliphatic rings. The van der Waals surface area contributed by atoms with Crippen molar-refractivity contribution >= 4 is 12.0 Å². The van der Waals surface area contributed by atoms with Crippen molar-refractivity contribution in [1.29, 1.82) is 0 Å². The highest BCUT2D eigenvalue weighted by molar-refractivity contribution is 5.86. The first kappa shape index (κ1) is 26.5. The zero-order chi connectivity index (χ0) is 25.0. The molecule has 3 rings (SSSR count). The summed E-state index contributed by atoms with van der Waals surface area (Å²) >= 11 is 0. The Balaban J connectivity index is 1.54. The molecule has 2 amide bonds. The molecule has 0 heterocycles. The molecule has 0 radical (unpaired) electrons. The van der Waals surface area contributed by atoms with Gasteiger partial charge in [-0.25, -0.2) is 4.79 Å². The van der Waals surface area contributed by atoms with Gasteiger partial charge in [0.05, 0.1) is 0 Å². The largest absolute Gasteiger partial charge is 0.449 e. The van der Waals surface area contributed by atoms with Crippen LogP contribution in [0.3, 0.4) is 0 Å². The van der Waals surface area contributed by atoms with E-state index >= 15 is 0 Å². The second-order valence-corrected chi connectivity index (χ2v) is 9.42. The lowest BCUT2D eigenvalue weighted by Gasteiger charge is -2.20. The summed E-state index contributed by atoms with van der Waals surface area (Å²) in [6, 6.07) is 15.8. The topological polar surface area (TPSA) is 67.4 Å². The minimum atomic E-state index is -0.637. The predicted octanol–water partition coefficient (Wildman–Crippen LogP) is 7.07. The van der Waals surface area contributed by atoms with Gasteiger partial charge in [0, 0.05) is 11.6 Å². The molecule has 2 aromatic rings. The van der Waals surface area contributed by atoms with E-state index in [0.717, 1.165) is 43.2 Å². The van der Waals surface area contributed by atoms with Gasteiger partial charge < -0.3 is 15.4 Å². The number of allylic oxidation sites excluding steroid dienone is 1. The third kappa shape index (κ3) is 7.45. The van der Waals surface area contributed by atoms with Crippen molar-refractivity contribution in [3.63, 3.8) is 0 Å². The molecule has 0 fully saturated rings. The molecule has 2 aromatic carbocycles. The van der Waals surface area contributed by atoms with Gasteiger partial charge in [0.1, 0.15) is 12.6 Å².